The normalized spacial score (nSPS) is 12.9. The molecule has 0 saturated heterocycles. The number of carbonyl (C=O) groups excluding carboxylic acids is 1. The molecule has 1 aliphatic rings. The first-order valence-corrected chi connectivity index (χ1v) is 7.62. The smallest absolute Gasteiger partial charge is 0.258 e. The van der Waals surface area contributed by atoms with Crippen LogP contribution in [0.25, 0.3) is 0 Å². The van der Waals surface area contributed by atoms with Gasteiger partial charge in [-0.25, -0.2) is 0 Å². The van der Waals surface area contributed by atoms with Gasteiger partial charge in [-0.2, -0.15) is 0 Å². The number of carbonyl (C=O) groups is 1. The van der Waals surface area contributed by atoms with Gasteiger partial charge in [-0.3, -0.25) is 9.78 Å². The lowest BCUT2D eigenvalue weighted by atomic mass is 10.1. The van der Waals surface area contributed by atoms with E-state index in [1.807, 2.05) is 55.1 Å². The van der Waals surface area contributed by atoms with Gasteiger partial charge < -0.3 is 9.64 Å². The first kappa shape index (κ1) is 14.6. The zero-order valence-corrected chi connectivity index (χ0v) is 13.0. The lowest BCUT2D eigenvalue weighted by molar-refractivity contribution is 0.0684. The highest BCUT2D eigenvalue weighted by Gasteiger charge is 2.26. The number of hydrogen-bond donors (Lipinski definition) is 0. The third-order valence-electron chi connectivity index (χ3n) is 3.89. The fourth-order valence-corrected chi connectivity index (χ4v) is 2.69. The highest BCUT2D eigenvalue weighted by atomic mass is 16.5. The van der Waals surface area contributed by atoms with Gasteiger partial charge in [0.05, 0.1) is 24.4 Å². The Balaban J connectivity index is 1.89. The summed E-state index contributed by atoms with van der Waals surface area (Å²) in [5.41, 5.74) is 2.66. The molecule has 0 saturated carbocycles. The molecule has 2 aromatic rings. The van der Waals surface area contributed by atoms with Gasteiger partial charge in [0.2, 0.25) is 0 Å². The average Bonchev–Trinajstić information content (AvgIpc) is 3.01. The zero-order chi connectivity index (χ0) is 15.5. The van der Waals surface area contributed by atoms with E-state index in [4.69, 9.17) is 4.74 Å². The van der Waals surface area contributed by atoms with Crippen molar-refractivity contribution in [2.45, 2.75) is 32.9 Å². The molecule has 22 heavy (non-hydrogen) atoms. The summed E-state index contributed by atoms with van der Waals surface area (Å²) in [7, 11) is 0. The zero-order valence-electron chi connectivity index (χ0n) is 13.0. The summed E-state index contributed by atoms with van der Waals surface area (Å²) in [6, 6.07) is 11.6. The molecule has 1 amide bonds. The molecule has 4 nitrogen and oxygen atoms in total. The van der Waals surface area contributed by atoms with E-state index in [2.05, 4.69) is 4.98 Å². The molecule has 4 heteroatoms. The fraction of sp³-hybridized carbons (Fsp3) is 0.333. The van der Waals surface area contributed by atoms with Crippen molar-refractivity contribution in [2.24, 2.45) is 0 Å². The number of aromatic nitrogens is 1. The van der Waals surface area contributed by atoms with E-state index in [1.54, 1.807) is 6.20 Å². The quantitative estimate of drug-likeness (QED) is 0.871. The van der Waals surface area contributed by atoms with Gasteiger partial charge in [-0.15, -0.1) is 0 Å². The highest BCUT2D eigenvalue weighted by Crippen LogP contribution is 2.30. The Hall–Kier alpha value is -2.36. The number of nitrogens with zero attached hydrogens (tertiary/aromatic N) is 2. The molecule has 0 radical (unpaired) electrons. The maximum absolute atomic E-state index is 13.0. The summed E-state index contributed by atoms with van der Waals surface area (Å²) in [5, 5.41) is 0. The molecule has 0 aliphatic carbocycles. The number of ether oxygens (including phenoxy) is 1. The van der Waals surface area contributed by atoms with Crippen LogP contribution in [0.5, 0.6) is 5.75 Å². The number of benzene rings is 1. The molecule has 0 unspecified atom stereocenters. The van der Waals surface area contributed by atoms with Gasteiger partial charge in [0.25, 0.3) is 5.91 Å². The second kappa shape index (κ2) is 6.18. The average molecular weight is 296 g/mol. The Kier molecular flexibility index (Phi) is 4.09. The first-order chi connectivity index (χ1) is 10.7. The van der Waals surface area contributed by atoms with Crippen LogP contribution >= 0.6 is 0 Å². The van der Waals surface area contributed by atoms with Crippen molar-refractivity contribution in [2.75, 3.05) is 6.61 Å². The predicted molar refractivity (Wildman–Crippen MR) is 84.9 cm³/mol. The van der Waals surface area contributed by atoms with Gasteiger partial charge in [0.1, 0.15) is 5.75 Å². The molecule has 0 N–H and O–H groups in total. The molecule has 1 aliphatic heterocycles. The largest absolute Gasteiger partial charge is 0.492 e. The molecule has 0 fully saturated rings. The number of amides is 1. The van der Waals surface area contributed by atoms with Crippen molar-refractivity contribution in [3.8, 4) is 5.75 Å². The Labute approximate surface area is 130 Å². The predicted octanol–water partition coefficient (Wildman–Crippen LogP) is 3.07. The molecule has 2 heterocycles. The first-order valence-electron chi connectivity index (χ1n) is 7.62. The number of pyridine rings is 1. The second-order valence-corrected chi connectivity index (χ2v) is 5.74. The van der Waals surface area contributed by atoms with Crippen LogP contribution in [0.4, 0.5) is 0 Å². The van der Waals surface area contributed by atoms with Gasteiger partial charge in [-0.05, 0) is 37.6 Å². The number of fused-ring (bicyclic) bond motifs is 1. The van der Waals surface area contributed by atoms with Crippen molar-refractivity contribution in [1.29, 1.82) is 0 Å². The molecular formula is C18H20N2O2. The van der Waals surface area contributed by atoms with Crippen LogP contribution in [-0.4, -0.2) is 28.4 Å². The maximum atomic E-state index is 13.0. The van der Waals surface area contributed by atoms with E-state index in [-0.39, 0.29) is 11.9 Å². The fourth-order valence-electron chi connectivity index (χ4n) is 2.69. The van der Waals surface area contributed by atoms with Crippen LogP contribution in [0.15, 0.2) is 42.6 Å². The number of hydrogen-bond acceptors (Lipinski definition) is 3. The van der Waals surface area contributed by atoms with Crippen molar-refractivity contribution in [3.05, 3.63) is 59.4 Å². The molecule has 0 spiro atoms. The van der Waals surface area contributed by atoms with E-state index in [0.717, 1.165) is 23.4 Å². The summed E-state index contributed by atoms with van der Waals surface area (Å²) in [6.07, 6.45) is 2.63. The van der Waals surface area contributed by atoms with Crippen LogP contribution in [0.1, 0.15) is 35.5 Å². The summed E-state index contributed by atoms with van der Waals surface area (Å²) >= 11 is 0. The third kappa shape index (κ3) is 2.82. The van der Waals surface area contributed by atoms with Crippen LogP contribution in [0, 0.1) is 0 Å². The topological polar surface area (TPSA) is 42.4 Å². The second-order valence-electron chi connectivity index (χ2n) is 5.74. The molecule has 1 aromatic carbocycles. The Morgan fingerprint density at radius 1 is 1.27 bits per heavy atom. The Bertz CT molecular complexity index is 668. The maximum Gasteiger partial charge on any atom is 0.258 e. The van der Waals surface area contributed by atoms with Crippen LogP contribution in [0.3, 0.4) is 0 Å². The summed E-state index contributed by atoms with van der Waals surface area (Å²) < 4.78 is 5.67. The van der Waals surface area contributed by atoms with Crippen LogP contribution < -0.4 is 4.74 Å². The minimum Gasteiger partial charge on any atom is -0.492 e. The summed E-state index contributed by atoms with van der Waals surface area (Å²) in [6.45, 7) is 5.19. The van der Waals surface area contributed by atoms with Crippen molar-refractivity contribution in [1.82, 2.24) is 9.88 Å². The van der Waals surface area contributed by atoms with E-state index in [9.17, 15) is 4.79 Å². The van der Waals surface area contributed by atoms with E-state index >= 15 is 0 Å². The van der Waals surface area contributed by atoms with Crippen molar-refractivity contribution >= 4 is 5.91 Å². The summed E-state index contributed by atoms with van der Waals surface area (Å²) in [4.78, 5) is 19.1. The Morgan fingerprint density at radius 2 is 2.14 bits per heavy atom. The van der Waals surface area contributed by atoms with Gasteiger partial charge >= 0.3 is 0 Å². The van der Waals surface area contributed by atoms with E-state index in [0.29, 0.717) is 18.7 Å². The molecule has 1 aromatic heterocycles. The summed E-state index contributed by atoms with van der Waals surface area (Å²) in [5.74, 6) is 0.749. The number of rotatable bonds is 4. The minimum atomic E-state index is -0.000553. The van der Waals surface area contributed by atoms with Gasteiger partial charge in [0, 0.05) is 18.7 Å². The monoisotopic (exact) mass is 296 g/mol. The minimum absolute atomic E-state index is 0.000553. The molecule has 0 bridgehead atoms. The SMILES string of the molecule is CC(C)N(Cc1ccccn1)C(=O)c1cccc2c1OCC2. The molecular weight excluding hydrogens is 276 g/mol. The van der Waals surface area contributed by atoms with Crippen molar-refractivity contribution < 1.29 is 9.53 Å². The van der Waals surface area contributed by atoms with Crippen LogP contribution in [-0.2, 0) is 13.0 Å². The lowest BCUT2D eigenvalue weighted by Crippen LogP contribution is -2.36. The van der Waals surface area contributed by atoms with E-state index in [1.165, 1.54) is 0 Å². The standard InChI is InChI=1S/C18H20N2O2/c1-13(2)20(12-15-7-3-4-10-19-15)18(21)16-8-5-6-14-9-11-22-17(14)16/h3-8,10,13H,9,11-12H2,1-2H3. The van der Waals surface area contributed by atoms with E-state index < -0.39 is 0 Å². The molecule has 3 rings (SSSR count). The molecule has 114 valence electrons. The van der Waals surface area contributed by atoms with Crippen LogP contribution in [0.2, 0.25) is 0 Å². The number of para-hydroxylation sites is 1. The Morgan fingerprint density at radius 3 is 2.86 bits per heavy atom. The van der Waals surface area contributed by atoms with Gasteiger partial charge in [-0.1, -0.05) is 18.2 Å². The van der Waals surface area contributed by atoms with Crippen molar-refractivity contribution in [3.63, 3.8) is 0 Å². The molecule has 0 atom stereocenters. The lowest BCUT2D eigenvalue weighted by Gasteiger charge is -2.27. The third-order valence-corrected chi connectivity index (χ3v) is 3.89. The van der Waals surface area contributed by atoms with Gasteiger partial charge in [0.15, 0.2) is 0 Å². The highest BCUT2D eigenvalue weighted by molar-refractivity contribution is 5.97.